The Morgan fingerprint density at radius 1 is 0.465 bits per heavy atom. The van der Waals surface area contributed by atoms with Gasteiger partial charge in [0.25, 0.3) is 17.5 Å². The Labute approximate surface area is 523 Å². The summed E-state index contributed by atoms with van der Waals surface area (Å²) in [6.07, 6.45) is 0. The van der Waals surface area contributed by atoms with Crippen molar-refractivity contribution in [3.63, 3.8) is 0 Å². The molecule has 4 aliphatic heterocycles. The highest BCUT2D eigenvalue weighted by Crippen LogP contribution is 2.41. The monoisotopic (exact) mass is 1230 g/mol. The molecule has 4 aliphatic rings. The van der Waals surface area contributed by atoms with Crippen LogP contribution in [0.1, 0.15) is 70.7 Å². The van der Waals surface area contributed by atoms with Gasteiger partial charge in [0.1, 0.15) is 49.4 Å². The number of Topliss-reactive ketones (excluding diaryl/α,β-unsaturated/α-hetero) is 2. The number of amides is 1. The summed E-state index contributed by atoms with van der Waals surface area (Å²) in [5, 5.41) is 12.1. The van der Waals surface area contributed by atoms with Crippen molar-refractivity contribution < 1.29 is 62.2 Å². The second-order valence-electron chi connectivity index (χ2n) is 21.2. The molecule has 4 fully saturated rings. The molecule has 0 saturated carbocycles. The van der Waals surface area contributed by atoms with Crippen LogP contribution in [0.3, 0.4) is 0 Å². The lowest BCUT2D eigenvalue weighted by Gasteiger charge is -2.36. The van der Waals surface area contributed by atoms with E-state index in [9.17, 15) is 19.2 Å². The average Bonchev–Trinajstić information content (AvgIpc) is 1.41. The van der Waals surface area contributed by atoms with E-state index in [1.807, 2.05) is 89.3 Å². The van der Waals surface area contributed by atoms with Crippen molar-refractivity contribution >= 4 is 75.0 Å². The van der Waals surface area contributed by atoms with E-state index in [1.165, 1.54) is 36.2 Å². The van der Waals surface area contributed by atoms with Gasteiger partial charge in [0, 0.05) is 13.1 Å². The van der Waals surface area contributed by atoms with E-state index in [0.717, 1.165) is 83.4 Å². The Kier molecular flexibility index (Phi) is 28.2. The maximum Gasteiger partial charge on any atom is 0.377 e. The highest BCUT2D eigenvalue weighted by molar-refractivity contribution is 6.47. The van der Waals surface area contributed by atoms with Crippen molar-refractivity contribution in [2.24, 2.45) is 23.7 Å². The predicted molar refractivity (Wildman–Crippen MR) is 337 cm³/mol. The molecule has 0 aliphatic carbocycles. The molecule has 456 valence electrons. The Balaban J connectivity index is 0.000000243. The molecule has 4 heterocycles. The number of nitrogens with zero attached hydrogens (tertiary/aromatic N) is 3. The number of nitrogens with one attached hydrogen (secondary N) is 1. The summed E-state index contributed by atoms with van der Waals surface area (Å²) in [6, 6.07) is 35.3. The molecule has 0 bridgehead atoms. The molecule has 4 saturated heterocycles. The van der Waals surface area contributed by atoms with Crippen LogP contribution in [-0.4, -0.2) is 140 Å². The van der Waals surface area contributed by atoms with E-state index < -0.39 is 23.4 Å². The number of carbonyl (C=O) groups is 4. The third kappa shape index (κ3) is 21.1. The standard InChI is InChI=1S/C28H28ClNO6.C24H21ClO7.2C4H8BN.C4H9N.ClH/c1-18-14-30(15-18)28(32)26(31)23-12-13-24(35-16-19-4-8-21(33-2)9-5-19)27(25(23)29)36-17-20-6-10-22(34-3)11-7-20;1-29-17-7-3-15(4-8-17)13-31-20-12-11-19(22(26)24(27)28)21(25)23(20)32-14-16-5-9-18(30-2)10-6-16;2*1-4-2-6(5)3-4;1-4-2-5-3-4;/h4-13,18H,14-17H2,1-3H3;3-12H,13-14H2,1-2H3,(H,27,28);2*4H,2-3H2,1H3;4-5H,2-3H2,1H3;1H. The predicted octanol–water partition coefficient (Wildman–Crippen LogP) is 10.6. The topological polar surface area (TPSA) is 184 Å². The number of carbonyl (C=O) groups excluding carboxylic acids is 3. The molecular formula is C64H75B2Cl3N4O13. The highest BCUT2D eigenvalue weighted by Gasteiger charge is 2.34. The molecule has 1 amide bonds. The van der Waals surface area contributed by atoms with Crippen molar-refractivity contribution in [1.82, 2.24) is 19.8 Å². The van der Waals surface area contributed by atoms with Gasteiger partial charge in [-0.2, -0.15) is 0 Å². The van der Waals surface area contributed by atoms with Gasteiger partial charge in [0.2, 0.25) is 0 Å². The molecule has 86 heavy (non-hydrogen) atoms. The van der Waals surface area contributed by atoms with E-state index >= 15 is 0 Å². The van der Waals surface area contributed by atoms with Crippen LogP contribution < -0.4 is 43.2 Å². The van der Waals surface area contributed by atoms with Gasteiger partial charge in [-0.1, -0.05) is 99.4 Å². The number of ether oxygens (including phenoxy) is 8. The second kappa shape index (κ2) is 34.9. The highest BCUT2D eigenvalue weighted by atomic mass is 35.5. The maximum absolute atomic E-state index is 13.0. The second-order valence-corrected chi connectivity index (χ2v) is 22.0. The SMILES string of the molecule is CC1CNC1.COc1ccc(COc2ccc(C(=O)C(=O)N3CC(C)C3)c(Cl)c2OCc2ccc(OC)cc2)cc1.COc1ccc(COc2ccc(C(=O)C(=O)O)c(Cl)c2OCc2ccc(OC)cc2)cc1.Cl.[B]N1CC(C)C1.[B]N1CC(C)C1. The first-order valence-corrected chi connectivity index (χ1v) is 28.5. The summed E-state index contributed by atoms with van der Waals surface area (Å²) in [7, 11) is 17.0. The van der Waals surface area contributed by atoms with Crippen LogP contribution in [0.4, 0.5) is 0 Å². The van der Waals surface area contributed by atoms with E-state index in [0.29, 0.717) is 30.5 Å². The third-order valence-corrected chi connectivity index (χ3v) is 14.5. The lowest BCUT2D eigenvalue weighted by Crippen LogP contribution is -2.51. The van der Waals surface area contributed by atoms with Crippen LogP contribution in [0.2, 0.25) is 10.0 Å². The van der Waals surface area contributed by atoms with Gasteiger partial charge < -0.3 is 62.8 Å². The molecule has 2 N–H and O–H groups in total. The largest absolute Gasteiger partial charge is 0.497 e. The normalized spacial score (nSPS) is 14.6. The molecule has 6 aromatic carbocycles. The smallest absolute Gasteiger partial charge is 0.377 e. The minimum atomic E-state index is -1.61. The van der Waals surface area contributed by atoms with Crippen LogP contribution in [0.25, 0.3) is 0 Å². The van der Waals surface area contributed by atoms with Gasteiger partial charge in [0.05, 0.1) is 49.6 Å². The summed E-state index contributed by atoms with van der Waals surface area (Å²) in [6.45, 7) is 17.3. The van der Waals surface area contributed by atoms with Gasteiger partial charge in [0.15, 0.2) is 39.0 Å². The maximum atomic E-state index is 13.0. The zero-order valence-corrected chi connectivity index (χ0v) is 52.2. The van der Waals surface area contributed by atoms with Crippen LogP contribution in [0, 0.1) is 23.7 Å². The van der Waals surface area contributed by atoms with Gasteiger partial charge in [-0.15, -0.1) is 12.4 Å². The summed E-state index contributed by atoms with van der Waals surface area (Å²) in [4.78, 5) is 53.9. The van der Waals surface area contributed by atoms with Crippen LogP contribution in [-0.2, 0) is 36.0 Å². The van der Waals surface area contributed by atoms with Crippen LogP contribution in [0.15, 0.2) is 121 Å². The number of hydrogen-bond acceptors (Lipinski definition) is 15. The fourth-order valence-electron chi connectivity index (χ4n) is 8.61. The first-order valence-electron chi connectivity index (χ1n) is 27.8. The molecule has 0 atom stereocenters. The summed E-state index contributed by atoms with van der Waals surface area (Å²) in [5.41, 5.74) is 3.38. The molecule has 6 aromatic rings. The van der Waals surface area contributed by atoms with Crippen molar-refractivity contribution in [3.8, 4) is 46.0 Å². The van der Waals surface area contributed by atoms with Gasteiger partial charge in [-0.05, 0) is 158 Å². The fourth-order valence-corrected chi connectivity index (χ4v) is 9.20. The molecule has 22 heteroatoms. The van der Waals surface area contributed by atoms with E-state index in [4.69, 9.17) is 82.2 Å². The summed E-state index contributed by atoms with van der Waals surface area (Å²) < 4.78 is 44.5. The van der Waals surface area contributed by atoms with Crippen molar-refractivity contribution in [2.75, 3.05) is 80.8 Å². The summed E-state index contributed by atoms with van der Waals surface area (Å²) in [5.74, 6) is 2.88. The first-order chi connectivity index (χ1) is 40.8. The number of benzene rings is 6. The number of carboxylic acid groups (broad SMARTS) is 1. The van der Waals surface area contributed by atoms with Crippen molar-refractivity contribution in [3.05, 3.63) is 165 Å². The van der Waals surface area contributed by atoms with Crippen LogP contribution >= 0.6 is 35.6 Å². The Bertz CT molecular complexity index is 3080. The number of ketones is 2. The van der Waals surface area contributed by atoms with E-state index in [1.54, 1.807) is 58.8 Å². The number of rotatable bonds is 20. The minimum Gasteiger partial charge on any atom is -0.497 e. The van der Waals surface area contributed by atoms with Crippen molar-refractivity contribution in [2.45, 2.75) is 54.1 Å². The molecule has 4 radical (unpaired) electrons. The summed E-state index contributed by atoms with van der Waals surface area (Å²) >= 11 is 13.0. The lowest BCUT2D eigenvalue weighted by atomic mass is 9.99. The zero-order chi connectivity index (χ0) is 61.6. The van der Waals surface area contributed by atoms with Crippen LogP contribution in [0.5, 0.6) is 46.0 Å². The third-order valence-electron chi connectivity index (χ3n) is 13.7. The van der Waals surface area contributed by atoms with E-state index in [2.05, 4.69) is 26.1 Å². The lowest BCUT2D eigenvalue weighted by molar-refractivity contribution is -0.132. The van der Waals surface area contributed by atoms with Crippen molar-refractivity contribution in [1.29, 1.82) is 0 Å². The molecule has 10 rings (SSSR count). The molecule has 0 aromatic heterocycles. The minimum absolute atomic E-state index is 0. The molecule has 0 spiro atoms. The number of methoxy groups -OCH3 is 4. The zero-order valence-electron chi connectivity index (χ0n) is 49.8. The van der Waals surface area contributed by atoms with Gasteiger partial charge >= 0.3 is 5.97 Å². The van der Waals surface area contributed by atoms with E-state index in [-0.39, 0.29) is 77.3 Å². The number of likely N-dealkylation sites (tertiary alicyclic amines) is 1. The molecule has 17 nitrogen and oxygen atoms in total. The quantitative estimate of drug-likeness (QED) is 0.0418. The first kappa shape index (κ1) is 69.6. The molecular weight excluding hydrogens is 1160 g/mol. The van der Waals surface area contributed by atoms with Gasteiger partial charge in [-0.25, -0.2) is 4.79 Å². The Morgan fingerprint density at radius 3 is 0.988 bits per heavy atom. The number of aliphatic carboxylic acids is 1. The molecule has 0 unspecified atom stereocenters. The number of halogens is 3. The Hall–Kier alpha value is -7.12. The number of hydrogen-bond donors (Lipinski definition) is 2. The van der Waals surface area contributed by atoms with Gasteiger partial charge in [-0.3, -0.25) is 14.4 Å². The average molecular weight is 1240 g/mol. The fraction of sp³-hybridized carbons (Fsp3) is 0.375. The number of carboxylic acids is 1. The Morgan fingerprint density at radius 2 is 0.756 bits per heavy atom.